The summed E-state index contributed by atoms with van der Waals surface area (Å²) in [5.41, 5.74) is 4.18. The number of hydrogen-bond acceptors (Lipinski definition) is 3. The Kier molecular flexibility index (Phi) is 4.50. The number of aryl methyl sites for hydroxylation is 1. The fourth-order valence-electron chi connectivity index (χ4n) is 3.21. The lowest BCUT2D eigenvalue weighted by Crippen LogP contribution is -2.23. The maximum Gasteiger partial charge on any atom is 0.270 e. The van der Waals surface area contributed by atoms with Crippen molar-refractivity contribution in [2.75, 3.05) is 6.61 Å². The largest absolute Gasteiger partial charge is 0.494 e. The van der Waals surface area contributed by atoms with Crippen molar-refractivity contribution in [3.05, 3.63) is 71.5 Å². The number of pyridine rings is 1. The molecule has 4 aromatic rings. The molecule has 2 aromatic heterocycles. The van der Waals surface area contributed by atoms with Gasteiger partial charge in [-0.3, -0.25) is 4.79 Å². The highest BCUT2D eigenvalue weighted by Crippen LogP contribution is 2.25. The number of hydrogen-bond donors (Lipinski definition) is 2. The number of rotatable bonds is 5. The monoisotopic (exact) mass is 359 g/mol. The quantitative estimate of drug-likeness (QED) is 0.556. The van der Waals surface area contributed by atoms with E-state index < -0.39 is 0 Å². The maximum absolute atomic E-state index is 12.6. The molecule has 2 N–H and O–H groups in total. The summed E-state index contributed by atoms with van der Waals surface area (Å²) in [5, 5.41) is 4.96. The van der Waals surface area contributed by atoms with E-state index in [0.29, 0.717) is 18.8 Å². The van der Waals surface area contributed by atoms with Crippen LogP contribution in [0.4, 0.5) is 0 Å². The molecule has 27 heavy (non-hydrogen) atoms. The zero-order valence-electron chi connectivity index (χ0n) is 15.4. The molecule has 2 aromatic carbocycles. The molecule has 2 heterocycles. The summed E-state index contributed by atoms with van der Waals surface area (Å²) in [7, 11) is 0. The minimum absolute atomic E-state index is 0.196. The highest BCUT2D eigenvalue weighted by atomic mass is 16.5. The molecule has 0 aliphatic carbocycles. The molecule has 0 fully saturated rings. The third-order valence-electron chi connectivity index (χ3n) is 4.55. The van der Waals surface area contributed by atoms with Gasteiger partial charge in [0.15, 0.2) is 0 Å². The van der Waals surface area contributed by atoms with Crippen molar-refractivity contribution in [1.82, 2.24) is 15.3 Å². The summed E-state index contributed by atoms with van der Waals surface area (Å²) in [5.74, 6) is 0.593. The molecular formula is C22H21N3O2. The van der Waals surface area contributed by atoms with Gasteiger partial charge in [-0.15, -0.1) is 0 Å². The molecule has 136 valence electrons. The number of amides is 1. The lowest BCUT2D eigenvalue weighted by Gasteiger charge is -2.10. The second-order valence-corrected chi connectivity index (χ2v) is 6.47. The van der Waals surface area contributed by atoms with Crippen LogP contribution in [0, 0.1) is 6.92 Å². The average molecular weight is 359 g/mol. The maximum atomic E-state index is 12.6. The number of ether oxygens (including phenoxy) is 1. The van der Waals surface area contributed by atoms with Crippen LogP contribution < -0.4 is 10.1 Å². The van der Waals surface area contributed by atoms with Crippen LogP contribution in [0.3, 0.4) is 0 Å². The van der Waals surface area contributed by atoms with Gasteiger partial charge in [-0.1, -0.05) is 36.4 Å². The molecule has 0 aliphatic rings. The number of para-hydroxylation sites is 1. The first kappa shape index (κ1) is 17.1. The Hall–Kier alpha value is -3.34. The molecule has 0 spiro atoms. The second kappa shape index (κ2) is 7.11. The summed E-state index contributed by atoms with van der Waals surface area (Å²) in [6, 6.07) is 17.7. The minimum Gasteiger partial charge on any atom is -0.494 e. The Bertz CT molecular complexity index is 1130. The average Bonchev–Trinajstić information content (AvgIpc) is 3.12. The molecule has 4 rings (SSSR count). The van der Waals surface area contributed by atoms with E-state index in [1.165, 1.54) is 0 Å². The van der Waals surface area contributed by atoms with Crippen LogP contribution in [0.1, 0.15) is 28.7 Å². The van der Waals surface area contributed by atoms with E-state index in [1.807, 2.05) is 62.4 Å². The van der Waals surface area contributed by atoms with Gasteiger partial charge >= 0.3 is 0 Å². The number of H-pyrrole nitrogens is 1. The van der Waals surface area contributed by atoms with E-state index in [0.717, 1.165) is 38.8 Å². The molecule has 0 saturated carbocycles. The van der Waals surface area contributed by atoms with Crippen molar-refractivity contribution in [3.63, 3.8) is 0 Å². The predicted octanol–water partition coefficient (Wildman–Crippen LogP) is 4.35. The Morgan fingerprint density at radius 3 is 2.74 bits per heavy atom. The Labute approximate surface area is 157 Å². The number of aromatic nitrogens is 2. The van der Waals surface area contributed by atoms with Crippen LogP contribution in [-0.2, 0) is 6.54 Å². The van der Waals surface area contributed by atoms with Gasteiger partial charge in [-0.05, 0) is 32.0 Å². The fraction of sp³-hybridized carbons (Fsp3) is 0.182. The molecular weight excluding hydrogens is 338 g/mol. The SMILES string of the molecule is CCOc1ccccc1CNC(=O)c1cc2ccc3ccc(C)[nH]c3c2n1. The van der Waals surface area contributed by atoms with Gasteiger partial charge in [-0.2, -0.15) is 0 Å². The van der Waals surface area contributed by atoms with Crippen LogP contribution in [0.15, 0.2) is 54.6 Å². The number of carbonyl (C=O) groups excluding carboxylic acids is 1. The van der Waals surface area contributed by atoms with E-state index in [-0.39, 0.29) is 5.91 Å². The lowest BCUT2D eigenvalue weighted by atomic mass is 10.1. The Morgan fingerprint density at radius 1 is 1.11 bits per heavy atom. The summed E-state index contributed by atoms with van der Waals surface area (Å²) in [6.07, 6.45) is 0. The van der Waals surface area contributed by atoms with Crippen LogP contribution in [0.2, 0.25) is 0 Å². The first-order valence-electron chi connectivity index (χ1n) is 9.03. The molecule has 5 heteroatoms. The van der Waals surface area contributed by atoms with Crippen molar-refractivity contribution < 1.29 is 9.53 Å². The normalized spacial score (nSPS) is 11.0. The zero-order chi connectivity index (χ0) is 18.8. The van der Waals surface area contributed by atoms with Crippen LogP contribution in [0.5, 0.6) is 5.75 Å². The lowest BCUT2D eigenvalue weighted by molar-refractivity contribution is 0.0946. The molecule has 0 saturated heterocycles. The first-order valence-corrected chi connectivity index (χ1v) is 9.03. The first-order chi connectivity index (χ1) is 13.2. The third-order valence-corrected chi connectivity index (χ3v) is 4.55. The standard InChI is InChI=1S/C22H21N3O2/c1-3-27-19-7-5-4-6-17(19)13-23-22(26)18-12-16-11-10-15-9-8-14(2)24-20(15)21(16)25-18/h4-12,24H,3,13H2,1-2H3,(H,23,26). The van der Waals surface area contributed by atoms with Crippen LogP contribution in [0.25, 0.3) is 21.8 Å². The highest BCUT2D eigenvalue weighted by Gasteiger charge is 2.14. The molecule has 0 bridgehead atoms. The third kappa shape index (κ3) is 3.36. The zero-order valence-corrected chi connectivity index (χ0v) is 15.4. The van der Waals surface area contributed by atoms with Gasteiger partial charge in [0.05, 0.1) is 17.6 Å². The van der Waals surface area contributed by atoms with Gasteiger partial charge in [0.2, 0.25) is 0 Å². The van der Waals surface area contributed by atoms with Gasteiger partial charge < -0.3 is 15.0 Å². The number of nitrogens with one attached hydrogen (secondary N) is 2. The van der Waals surface area contributed by atoms with Gasteiger partial charge in [0.25, 0.3) is 5.91 Å². The van der Waals surface area contributed by atoms with Crippen LogP contribution in [-0.4, -0.2) is 22.5 Å². The van der Waals surface area contributed by atoms with E-state index in [4.69, 9.17) is 4.74 Å². The van der Waals surface area contributed by atoms with Gasteiger partial charge in [0.1, 0.15) is 11.4 Å². The summed E-state index contributed by atoms with van der Waals surface area (Å²) in [6.45, 7) is 4.93. The Morgan fingerprint density at radius 2 is 1.89 bits per heavy atom. The number of fused-ring (bicyclic) bond motifs is 3. The van der Waals surface area contributed by atoms with Crippen molar-refractivity contribution in [2.24, 2.45) is 0 Å². The number of nitrogens with zero attached hydrogens (tertiary/aromatic N) is 1. The molecule has 0 aliphatic heterocycles. The smallest absolute Gasteiger partial charge is 0.270 e. The predicted molar refractivity (Wildman–Crippen MR) is 107 cm³/mol. The van der Waals surface area contributed by atoms with E-state index in [9.17, 15) is 4.79 Å². The summed E-state index contributed by atoms with van der Waals surface area (Å²) < 4.78 is 5.61. The highest BCUT2D eigenvalue weighted by molar-refractivity contribution is 6.07. The van der Waals surface area contributed by atoms with Crippen molar-refractivity contribution in [3.8, 4) is 5.75 Å². The number of carbonyl (C=O) groups is 1. The van der Waals surface area contributed by atoms with E-state index in [2.05, 4.69) is 21.4 Å². The summed E-state index contributed by atoms with van der Waals surface area (Å²) in [4.78, 5) is 20.6. The number of aromatic amines is 1. The van der Waals surface area contributed by atoms with Crippen molar-refractivity contribution >= 4 is 27.7 Å². The molecule has 0 radical (unpaired) electrons. The molecule has 0 atom stereocenters. The van der Waals surface area contributed by atoms with E-state index >= 15 is 0 Å². The molecule has 1 amide bonds. The molecule has 0 unspecified atom stereocenters. The van der Waals surface area contributed by atoms with Gasteiger partial charge in [-0.25, -0.2) is 4.98 Å². The minimum atomic E-state index is -0.196. The Balaban J connectivity index is 1.60. The second-order valence-electron chi connectivity index (χ2n) is 6.47. The molecule has 5 nitrogen and oxygen atoms in total. The topological polar surface area (TPSA) is 67.0 Å². The van der Waals surface area contributed by atoms with E-state index in [1.54, 1.807) is 0 Å². The van der Waals surface area contributed by atoms with Crippen molar-refractivity contribution in [1.29, 1.82) is 0 Å². The fourth-order valence-corrected chi connectivity index (χ4v) is 3.21. The number of benzene rings is 2. The van der Waals surface area contributed by atoms with Gasteiger partial charge in [0, 0.05) is 28.6 Å². The van der Waals surface area contributed by atoms with Crippen LogP contribution >= 0.6 is 0 Å². The van der Waals surface area contributed by atoms with Crippen molar-refractivity contribution in [2.45, 2.75) is 20.4 Å². The summed E-state index contributed by atoms with van der Waals surface area (Å²) >= 11 is 0.